The number of carbonyl (C=O) groups is 1. The Kier molecular flexibility index (Phi) is 3.25. The summed E-state index contributed by atoms with van der Waals surface area (Å²) < 4.78 is 5.48. The van der Waals surface area contributed by atoms with Crippen molar-refractivity contribution in [3.05, 3.63) is 35.9 Å². The molecule has 1 aliphatic carbocycles. The molecule has 0 aliphatic heterocycles. The van der Waals surface area contributed by atoms with Gasteiger partial charge in [-0.15, -0.1) is 0 Å². The van der Waals surface area contributed by atoms with Gasteiger partial charge in [-0.05, 0) is 24.8 Å². The van der Waals surface area contributed by atoms with Gasteiger partial charge in [0.15, 0.2) is 0 Å². The third kappa shape index (κ3) is 2.61. The molecule has 0 saturated heterocycles. The molecule has 0 heterocycles. The van der Waals surface area contributed by atoms with Crippen molar-refractivity contribution >= 4 is 5.97 Å². The number of hydrogen-bond donors (Lipinski definition) is 1. The first-order valence-electron chi connectivity index (χ1n) is 5.58. The van der Waals surface area contributed by atoms with Gasteiger partial charge < -0.3 is 9.84 Å². The molecule has 0 spiro atoms. The van der Waals surface area contributed by atoms with E-state index in [4.69, 9.17) is 9.84 Å². The Morgan fingerprint density at radius 3 is 2.56 bits per heavy atom. The Bertz CT molecular complexity index is 355. The fourth-order valence-electron chi connectivity index (χ4n) is 1.75. The van der Waals surface area contributed by atoms with Crippen LogP contribution in [0.4, 0.5) is 0 Å². The lowest BCUT2D eigenvalue weighted by atomic mass is 10.0. The Balaban J connectivity index is 1.68. The molecular weight excluding hydrogens is 204 g/mol. The van der Waals surface area contributed by atoms with Crippen molar-refractivity contribution in [3.8, 4) is 0 Å². The van der Waals surface area contributed by atoms with Crippen LogP contribution in [0, 0.1) is 5.41 Å². The predicted octanol–water partition coefficient (Wildman–Crippen LogP) is 2.46. The second kappa shape index (κ2) is 4.66. The molecule has 1 aromatic carbocycles. The number of rotatable bonds is 6. The van der Waals surface area contributed by atoms with E-state index in [-0.39, 0.29) is 0 Å². The molecule has 0 radical (unpaired) electrons. The van der Waals surface area contributed by atoms with E-state index in [1.807, 2.05) is 30.3 Å². The first-order valence-corrected chi connectivity index (χ1v) is 5.58. The van der Waals surface area contributed by atoms with Crippen molar-refractivity contribution in [1.82, 2.24) is 0 Å². The summed E-state index contributed by atoms with van der Waals surface area (Å²) in [5.74, 6) is -0.671. The van der Waals surface area contributed by atoms with Crippen molar-refractivity contribution < 1.29 is 14.6 Å². The van der Waals surface area contributed by atoms with E-state index >= 15 is 0 Å². The summed E-state index contributed by atoms with van der Waals surface area (Å²) in [6.07, 6.45) is 2.24. The van der Waals surface area contributed by atoms with E-state index in [1.165, 1.54) is 0 Å². The summed E-state index contributed by atoms with van der Waals surface area (Å²) in [5.41, 5.74) is 0.666. The lowest BCUT2D eigenvalue weighted by Gasteiger charge is -2.09. The van der Waals surface area contributed by atoms with Crippen molar-refractivity contribution in [2.75, 3.05) is 6.61 Å². The van der Waals surface area contributed by atoms with Crippen LogP contribution in [0.2, 0.25) is 0 Å². The van der Waals surface area contributed by atoms with Gasteiger partial charge >= 0.3 is 5.97 Å². The normalized spacial score (nSPS) is 17.0. The SMILES string of the molecule is O=C(O)C1(CCOCc2ccccc2)CC1. The first-order chi connectivity index (χ1) is 7.73. The molecule has 3 nitrogen and oxygen atoms in total. The highest BCUT2D eigenvalue weighted by molar-refractivity contribution is 5.77. The van der Waals surface area contributed by atoms with Crippen LogP contribution in [0.3, 0.4) is 0 Å². The Labute approximate surface area is 95.0 Å². The Morgan fingerprint density at radius 1 is 1.31 bits per heavy atom. The van der Waals surface area contributed by atoms with Crippen LogP contribution < -0.4 is 0 Å². The van der Waals surface area contributed by atoms with Crippen LogP contribution in [0.25, 0.3) is 0 Å². The second-order valence-electron chi connectivity index (χ2n) is 4.37. The number of hydrogen-bond acceptors (Lipinski definition) is 2. The largest absolute Gasteiger partial charge is 0.481 e. The van der Waals surface area contributed by atoms with Gasteiger partial charge in [0.25, 0.3) is 0 Å². The van der Waals surface area contributed by atoms with Gasteiger partial charge in [-0.1, -0.05) is 30.3 Å². The van der Waals surface area contributed by atoms with Crippen LogP contribution in [0.1, 0.15) is 24.8 Å². The minimum absolute atomic E-state index is 0.462. The van der Waals surface area contributed by atoms with Gasteiger partial charge in [-0.2, -0.15) is 0 Å². The fraction of sp³-hybridized carbons (Fsp3) is 0.462. The predicted molar refractivity (Wildman–Crippen MR) is 60.0 cm³/mol. The summed E-state index contributed by atoms with van der Waals surface area (Å²) in [6.45, 7) is 1.09. The van der Waals surface area contributed by atoms with Crippen molar-refractivity contribution in [3.63, 3.8) is 0 Å². The highest BCUT2D eigenvalue weighted by Gasteiger charge is 2.49. The molecule has 2 rings (SSSR count). The summed E-state index contributed by atoms with van der Waals surface area (Å²) in [4.78, 5) is 10.9. The highest BCUT2D eigenvalue weighted by atomic mass is 16.5. The number of benzene rings is 1. The maximum atomic E-state index is 10.9. The molecule has 0 amide bonds. The second-order valence-corrected chi connectivity index (χ2v) is 4.37. The molecule has 0 unspecified atom stereocenters. The average Bonchev–Trinajstić information content (AvgIpc) is 3.07. The molecule has 1 aromatic rings. The molecule has 1 N–H and O–H groups in total. The first kappa shape index (κ1) is 11.1. The van der Waals surface area contributed by atoms with Crippen molar-refractivity contribution in [1.29, 1.82) is 0 Å². The minimum atomic E-state index is -0.671. The summed E-state index contributed by atoms with van der Waals surface area (Å²) in [6, 6.07) is 9.91. The number of aliphatic carboxylic acids is 1. The van der Waals surface area contributed by atoms with Gasteiger partial charge in [0.1, 0.15) is 0 Å². The average molecular weight is 220 g/mol. The van der Waals surface area contributed by atoms with Crippen LogP contribution in [-0.2, 0) is 16.1 Å². The zero-order valence-electron chi connectivity index (χ0n) is 9.19. The lowest BCUT2D eigenvalue weighted by molar-refractivity contribution is -0.144. The highest BCUT2D eigenvalue weighted by Crippen LogP contribution is 2.48. The molecule has 1 fully saturated rings. The molecular formula is C13H16O3. The van der Waals surface area contributed by atoms with Crippen LogP contribution >= 0.6 is 0 Å². The van der Waals surface area contributed by atoms with E-state index in [0.717, 1.165) is 18.4 Å². The topological polar surface area (TPSA) is 46.5 Å². The molecule has 3 heteroatoms. The lowest BCUT2D eigenvalue weighted by Crippen LogP contribution is -2.17. The van der Waals surface area contributed by atoms with Gasteiger partial charge in [0.05, 0.1) is 12.0 Å². The van der Waals surface area contributed by atoms with Crippen LogP contribution in [-0.4, -0.2) is 17.7 Å². The summed E-state index contributed by atoms with van der Waals surface area (Å²) in [5, 5.41) is 8.96. The van der Waals surface area contributed by atoms with E-state index < -0.39 is 11.4 Å². The van der Waals surface area contributed by atoms with Gasteiger partial charge in [0.2, 0.25) is 0 Å². The van der Waals surface area contributed by atoms with Gasteiger partial charge in [-0.25, -0.2) is 0 Å². The smallest absolute Gasteiger partial charge is 0.309 e. The molecule has 86 valence electrons. The summed E-state index contributed by atoms with van der Waals surface area (Å²) >= 11 is 0. The monoisotopic (exact) mass is 220 g/mol. The molecule has 1 aliphatic rings. The molecule has 16 heavy (non-hydrogen) atoms. The Hall–Kier alpha value is -1.35. The van der Waals surface area contributed by atoms with Gasteiger partial charge in [0, 0.05) is 6.61 Å². The van der Waals surface area contributed by atoms with Crippen LogP contribution in [0.5, 0.6) is 0 Å². The fourth-order valence-corrected chi connectivity index (χ4v) is 1.75. The third-order valence-electron chi connectivity index (χ3n) is 3.14. The van der Waals surface area contributed by atoms with Crippen LogP contribution in [0.15, 0.2) is 30.3 Å². The molecule has 1 saturated carbocycles. The molecule has 0 aromatic heterocycles. The molecule has 0 bridgehead atoms. The van der Waals surface area contributed by atoms with E-state index in [1.54, 1.807) is 0 Å². The maximum Gasteiger partial charge on any atom is 0.309 e. The quantitative estimate of drug-likeness (QED) is 0.749. The Morgan fingerprint density at radius 2 is 2.00 bits per heavy atom. The minimum Gasteiger partial charge on any atom is -0.481 e. The number of carboxylic acids is 1. The van der Waals surface area contributed by atoms with Crippen molar-refractivity contribution in [2.45, 2.75) is 25.9 Å². The van der Waals surface area contributed by atoms with E-state index in [0.29, 0.717) is 19.6 Å². The third-order valence-corrected chi connectivity index (χ3v) is 3.14. The van der Waals surface area contributed by atoms with E-state index in [9.17, 15) is 4.79 Å². The maximum absolute atomic E-state index is 10.9. The number of carboxylic acid groups (broad SMARTS) is 1. The standard InChI is InChI=1S/C13H16O3/c14-12(15)13(6-7-13)8-9-16-10-11-4-2-1-3-5-11/h1-5H,6-10H2,(H,14,15). The van der Waals surface area contributed by atoms with Gasteiger partial charge in [-0.3, -0.25) is 4.79 Å². The molecule has 0 atom stereocenters. The van der Waals surface area contributed by atoms with E-state index in [2.05, 4.69) is 0 Å². The van der Waals surface area contributed by atoms with Crippen molar-refractivity contribution in [2.24, 2.45) is 5.41 Å². The zero-order chi connectivity index (χ0) is 11.4. The zero-order valence-corrected chi connectivity index (χ0v) is 9.19. The summed E-state index contributed by atoms with van der Waals surface area (Å²) in [7, 11) is 0. The number of ether oxygens (including phenoxy) is 1.